The minimum absolute atomic E-state index is 0.167. The summed E-state index contributed by atoms with van der Waals surface area (Å²) in [5.41, 5.74) is 2.25. The van der Waals surface area contributed by atoms with Crippen LogP contribution < -0.4 is 9.62 Å². The zero-order chi connectivity index (χ0) is 18.4. The summed E-state index contributed by atoms with van der Waals surface area (Å²) < 4.78 is 25.4. The largest absolute Gasteiger partial charge is 0.326 e. The van der Waals surface area contributed by atoms with Crippen LogP contribution in [0.2, 0.25) is 5.02 Å². The van der Waals surface area contributed by atoms with Crippen LogP contribution in [0.3, 0.4) is 0 Å². The molecule has 0 aliphatic heterocycles. The van der Waals surface area contributed by atoms with E-state index in [2.05, 4.69) is 5.32 Å². The van der Waals surface area contributed by atoms with Crippen LogP contribution in [0.5, 0.6) is 0 Å². The van der Waals surface area contributed by atoms with E-state index in [1.807, 2.05) is 25.1 Å². The Kier molecular flexibility index (Phi) is 6.45. The van der Waals surface area contributed by atoms with Gasteiger partial charge in [0.25, 0.3) is 0 Å². The first-order chi connectivity index (χ1) is 11.8. The van der Waals surface area contributed by atoms with E-state index in [1.54, 1.807) is 30.3 Å². The normalized spacial score (nSPS) is 11.2. The summed E-state index contributed by atoms with van der Waals surface area (Å²) in [5, 5.41) is 3.36. The van der Waals surface area contributed by atoms with Crippen LogP contribution >= 0.6 is 11.6 Å². The predicted molar refractivity (Wildman–Crippen MR) is 103 cm³/mol. The van der Waals surface area contributed by atoms with E-state index in [1.165, 1.54) is 10.6 Å². The van der Waals surface area contributed by atoms with Crippen molar-refractivity contribution in [2.75, 3.05) is 22.4 Å². The number of benzene rings is 2. The van der Waals surface area contributed by atoms with Gasteiger partial charge < -0.3 is 5.32 Å². The van der Waals surface area contributed by atoms with Gasteiger partial charge in [0.15, 0.2) is 0 Å². The van der Waals surface area contributed by atoms with Gasteiger partial charge in [-0.15, -0.1) is 0 Å². The number of halogens is 1. The molecule has 0 fully saturated rings. The van der Waals surface area contributed by atoms with Crippen molar-refractivity contribution in [1.29, 1.82) is 0 Å². The zero-order valence-electron chi connectivity index (χ0n) is 14.2. The highest BCUT2D eigenvalue weighted by atomic mass is 35.5. The van der Waals surface area contributed by atoms with Gasteiger partial charge in [0, 0.05) is 23.7 Å². The molecule has 0 bridgehead atoms. The van der Waals surface area contributed by atoms with E-state index in [0.717, 1.165) is 5.56 Å². The van der Waals surface area contributed by atoms with Gasteiger partial charge >= 0.3 is 0 Å². The lowest BCUT2D eigenvalue weighted by atomic mass is 10.2. The molecule has 0 radical (unpaired) electrons. The SMILES string of the molecule is Cc1cccc(N(CCCC(=O)Nc2ccc(Cl)cc2)S(C)(=O)=O)c1. The Morgan fingerprint density at radius 2 is 1.84 bits per heavy atom. The first kappa shape index (κ1) is 19.3. The lowest BCUT2D eigenvalue weighted by Crippen LogP contribution is -2.31. The number of aryl methyl sites for hydroxylation is 1. The summed E-state index contributed by atoms with van der Waals surface area (Å²) in [6.07, 6.45) is 1.81. The molecule has 1 N–H and O–H groups in total. The third kappa shape index (κ3) is 6.07. The van der Waals surface area contributed by atoms with Gasteiger partial charge in [0.1, 0.15) is 0 Å². The molecular formula is C18H21ClN2O3S. The molecule has 0 aliphatic rings. The smallest absolute Gasteiger partial charge is 0.232 e. The van der Waals surface area contributed by atoms with Crippen molar-refractivity contribution in [3.8, 4) is 0 Å². The number of nitrogens with one attached hydrogen (secondary N) is 1. The van der Waals surface area contributed by atoms with Crippen molar-refractivity contribution in [2.45, 2.75) is 19.8 Å². The van der Waals surface area contributed by atoms with Crippen molar-refractivity contribution < 1.29 is 13.2 Å². The molecular weight excluding hydrogens is 360 g/mol. The van der Waals surface area contributed by atoms with Crippen molar-refractivity contribution in [1.82, 2.24) is 0 Å². The molecule has 2 aromatic rings. The van der Waals surface area contributed by atoms with Gasteiger partial charge in [-0.1, -0.05) is 23.7 Å². The number of hydrogen-bond donors (Lipinski definition) is 1. The number of nitrogens with zero attached hydrogens (tertiary/aromatic N) is 1. The number of anilines is 2. The monoisotopic (exact) mass is 380 g/mol. The maximum Gasteiger partial charge on any atom is 0.232 e. The lowest BCUT2D eigenvalue weighted by Gasteiger charge is -2.22. The second-order valence-corrected chi connectivity index (χ2v) is 8.18. The van der Waals surface area contributed by atoms with E-state index in [-0.39, 0.29) is 18.9 Å². The Labute approximate surface area is 153 Å². The fourth-order valence-electron chi connectivity index (χ4n) is 2.41. The summed E-state index contributed by atoms with van der Waals surface area (Å²) in [6.45, 7) is 2.15. The Morgan fingerprint density at radius 1 is 1.16 bits per heavy atom. The van der Waals surface area contributed by atoms with Gasteiger partial charge in [0.05, 0.1) is 11.9 Å². The van der Waals surface area contributed by atoms with Gasteiger partial charge in [-0.2, -0.15) is 0 Å². The first-order valence-corrected chi connectivity index (χ1v) is 10.1. The van der Waals surface area contributed by atoms with Crippen molar-refractivity contribution >= 4 is 38.9 Å². The minimum atomic E-state index is -3.41. The quantitative estimate of drug-likeness (QED) is 0.793. The minimum Gasteiger partial charge on any atom is -0.326 e. The van der Waals surface area contributed by atoms with Gasteiger partial charge in [-0.05, 0) is 55.3 Å². The molecule has 2 rings (SSSR count). The van der Waals surface area contributed by atoms with Crippen LogP contribution in [0.1, 0.15) is 18.4 Å². The molecule has 134 valence electrons. The van der Waals surface area contributed by atoms with E-state index in [4.69, 9.17) is 11.6 Å². The Balaban J connectivity index is 1.95. The summed E-state index contributed by atoms with van der Waals surface area (Å²) >= 11 is 5.80. The molecule has 2 aromatic carbocycles. The Hall–Kier alpha value is -2.05. The summed E-state index contributed by atoms with van der Waals surface area (Å²) in [5.74, 6) is -0.167. The van der Waals surface area contributed by atoms with Gasteiger partial charge in [0.2, 0.25) is 15.9 Å². The summed E-state index contributed by atoms with van der Waals surface area (Å²) in [6, 6.07) is 14.1. The number of carbonyl (C=O) groups is 1. The number of rotatable bonds is 7. The highest BCUT2D eigenvalue weighted by Crippen LogP contribution is 2.20. The number of hydrogen-bond acceptors (Lipinski definition) is 3. The molecule has 5 nitrogen and oxygen atoms in total. The average Bonchev–Trinajstić information content (AvgIpc) is 2.52. The fourth-order valence-corrected chi connectivity index (χ4v) is 3.49. The average molecular weight is 381 g/mol. The highest BCUT2D eigenvalue weighted by Gasteiger charge is 2.17. The van der Waals surface area contributed by atoms with Crippen LogP contribution in [0, 0.1) is 6.92 Å². The molecule has 0 atom stereocenters. The number of sulfonamides is 1. The molecule has 25 heavy (non-hydrogen) atoms. The van der Waals surface area contributed by atoms with Crippen LogP contribution in [-0.2, 0) is 14.8 Å². The van der Waals surface area contributed by atoms with E-state index in [0.29, 0.717) is 22.8 Å². The van der Waals surface area contributed by atoms with Crippen LogP contribution in [0.15, 0.2) is 48.5 Å². The predicted octanol–water partition coefficient (Wildman–Crippen LogP) is 3.83. The first-order valence-electron chi connectivity index (χ1n) is 7.85. The van der Waals surface area contributed by atoms with Crippen molar-refractivity contribution in [2.24, 2.45) is 0 Å². The Bertz CT molecular complexity index is 836. The molecule has 0 spiro atoms. The van der Waals surface area contributed by atoms with E-state index in [9.17, 15) is 13.2 Å². The van der Waals surface area contributed by atoms with Gasteiger partial charge in [-0.3, -0.25) is 9.10 Å². The molecule has 1 amide bonds. The molecule has 0 saturated heterocycles. The molecule has 0 aliphatic carbocycles. The van der Waals surface area contributed by atoms with Gasteiger partial charge in [-0.25, -0.2) is 8.42 Å². The third-order valence-electron chi connectivity index (χ3n) is 3.58. The summed E-state index contributed by atoms with van der Waals surface area (Å²) in [7, 11) is -3.41. The van der Waals surface area contributed by atoms with E-state index >= 15 is 0 Å². The second kappa shape index (κ2) is 8.36. The number of carbonyl (C=O) groups excluding carboxylic acids is 1. The number of amides is 1. The molecule has 7 heteroatoms. The maximum atomic E-state index is 12.1. The van der Waals surface area contributed by atoms with Crippen LogP contribution in [-0.4, -0.2) is 27.1 Å². The summed E-state index contributed by atoms with van der Waals surface area (Å²) in [4.78, 5) is 12.0. The molecule has 0 unspecified atom stereocenters. The van der Waals surface area contributed by atoms with Crippen LogP contribution in [0.4, 0.5) is 11.4 Å². The standard InChI is InChI=1S/C18H21ClN2O3S/c1-14-5-3-6-17(13-14)21(25(2,23)24)12-4-7-18(22)20-16-10-8-15(19)9-11-16/h3,5-6,8-11,13H,4,7,12H2,1-2H3,(H,20,22). The topological polar surface area (TPSA) is 66.5 Å². The fraction of sp³-hybridized carbons (Fsp3) is 0.278. The van der Waals surface area contributed by atoms with Crippen LogP contribution in [0.25, 0.3) is 0 Å². The zero-order valence-corrected chi connectivity index (χ0v) is 15.8. The molecule has 0 saturated carbocycles. The highest BCUT2D eigenvalue weighted by molar-refractivity contribution is 7.92. The third-order valence-corrected chi connectivity index (χ3v) is 5.03. The van der Waals surface area contributed by atoms with Crippen molar-refractivity contribution in [3.05, 3.63) is 59.1 Å². The Morgan fingerprint density at radius 3 is 2.44 bits per heavy atom. The lowest BCUT2D eigenvalue weighted by molar-refractivity contribution is -0.116. The van der Waals surface area contributed by atoms with Crippen molar-refractivity contribution in [3.63, 3.8) is 0 Å². The molecule has 0 aromatic heterocycles. The van der Waals surface area contributed by atoms with E-state index < -0.39 is 10.0 Å². The molecule has 0 heterocycles. The maximum absolute atomic E-state index is 12.1. The second-order valence-electron chi connectivity index (χ2n) is 5.83.